The molecule has 1 saturated carbocycles. The summed E-state index contributed by atoms with van der Waals surface area (Å²) in [6.07, 6.45) is -5.45. The lowest BCUT2D eigenvalue weighted by atomic mass is 9.53. The van der Waals surface area contributed by atoms with Crippen molar-refractivity contribution in [2.24, 2.45) is 11.3 Å². The largest absolute Gasteiger partial charge is 0.462 e. The molecule has 0 unspecified atom stereocenters. The molecule has 4 aliphatic rings. The molecule has 0 aromatic heterocycles. The molecule has 2 N–H and O–H groups in total. The van der Waals surface area contributed by atoms with E-state index in [0.717, 1.165) is 0 Å². The van der Waals surface area contributed by atoms with Crippen LogP contribution in [0.4, 0.5) is 0 Å². The number of carbonyl (C=O) groups excluding carboxylic acids is 6. The van der Waals surface area contributed by atoms with Gasteiger partial charge in [0.15, 0.2) is 23.9 Å². The topological polar surface area (TPSA) is 190 Å². The van der Waals surface area contributed by atoms with E-state index in [-0.39, 0.29) is 25.0 Å². The van der Waals surface area contributed by atoms with Gasteiger partial charge in [-0.25, -0.2) is 9.59 Å². The maximum atomic E-state index is 14.1. The lowest BCUT2D eigenvalue weighted by Crippen LogP contribution is -2.75. The third-order valence-corrected chi connectivity index (χ3v) is 12.0. The van der Waals surface area contributed by atoms with E-state index < -0.39 is 95.4 Å². The predicted octanol–water partition coefficient (Wildman–Crippen LogP) is 4.91. The molecule has 14 heteroatoms. The zero-order valence-corrected chi connectivity index (χ0v) is 33.8. The number of aliphatic hydroxyl groups is 1. The van der Waals surface area contributed by atoms with Crippen molar-refractivity contribution in [1.29, 1.82) is 0 Å². The zero-order valence-electron chi connectivity index (χ0n) is 33.8. The van der Waals surface area contributed by atoms with Gasteiger partial charge in [0.1, 0.15) is 18.3 Å². The average molecular weight is 822 g/mol. The summed E-state index contributed by atoms with van der Waals surface area (Å²) in [5, 5.41) is 14.4. The van der Waals surface area contributed by atoms with Crippen LogP contribution in [0.5, 0.6) is 0 Å². The highest BCUT2D eigenvalue weighted by atomic mass is 16.6. The van der Waals surface area contributed by atoms with Crippen LogP contribution in [-0.4, -0.2) is 89.7 Å². The maximum absolute atomic E-state index is 14.1. The number of nitrogens with one attached hydrogen (secondary N) is 1. The smallest absolute Gasteiger partial charge is 0.338 e. The Labute approximate surface area is 346 Å². The molecule has 314 valence electrons. The molecule has 14 nitrogen and oxygen atoms in total. The van der Waals surface area contributed by atoms with E-state index in [1.807, 2.05) is 6.08 Å². The van der Waals surface area contributed by atoms with Crippen molar-refractivity contribution in [2.75, 3.05) is 6.61 Å². The van der Waals surface area contributed by atoms with E-state index in [0.29, 0.717) is 27.8 Å². The fraction of sp³-hybridized carbons (Fsp3) is 0.391. The number of carbonyl (C=O) groups is 6. The minimum atomic E-state index is -1.87. The van der Waals surface area contributed by atoms with Gasteiger partial charge in [-0.1, -0.05) is 79.7 Å². The van der Waals surface area contributed by atoms with Crippen molar-refractivity contribution < 1.29 is 62.3 Å². The first kappa shape index (κ1) is 42.0. The predicted molar refractivity (Wildman–Crippen MR) is 212 cm³/mol. The highest BCUT2D eigenvalue weighted by Crippen LogP contribution is 2.61. The minimum absolute atomic E-state index is 0.00463. The summed E-state index contributed by atoms with van der Waals surface area (Å²) in [5.41, 5.74) is -0.431. The van der Waals surface area contributed by atoms with Gasteiger partial charge in [0.05, 0.1) is 23.6 Å². The third kappa shape index (κ3) is 7.84. The Kier molecular flexibility index (Phi) is 11.8. The second kappa shape index (κ2) is 16.9. The van der Waals surface area contributed by atoms with Gasteiger partial charge in [-0.15, -0.1) is 0 Å². The average Bonchev–Trinajstić information content (AvgIpc) is 3.48. The lowest BCUT2D eigenvalue weighted by molar-refractivity contribution is -0.326. The standard InChI is InChI=1S/C46H47NO13/c1-25-33(58-44(54)39(51)38(29-15-9-6-10-16-29)47-42(52)30-17-11-7-12-18-30)21-32-22-34-45(5,35(56-26(2)48)23-36-46(34,24-55-36)60-28(4)50)41(57-27(3)49)40(37(25)32)59-43(53)31-19-13-8-14-20-31/h6-20,22,33-36,38-41,51H,21,23-24H2,1-5H3,(H,47,52)/t33-,34-,35-,36+,38-,39+,40+,41-,45-,46+/m0/s1. The quantitative estimate of drug-likeness (QED) is 0.196. The molecule has 3 aromatic rings. The number of hydrogen-bond donors (Lipinski definition) is 2. The first-order valence-electron chi connectivity index (χ1n) is 19.8. The molecule has 3 aliphatic carbocycles. The second-order valence-corrected chi connectivity index (χ2v) is 15.8. The van der Waals surface area contributed by atoms with E-state index in [1.165, 1.54) is 20.8 Å². The molecule has 1 heterocycles. The first-order chi connectivity index (χ1) is 28.6. The van der Waals surface area contributed by atoms with Crippen LogP contribution in [0.1, 0.15) is 79.8 Å². The summed E-state index contributed by atoms with van der Waals surface area (Å²) in [4.78, 5) is 80.1. The minimum Gasteiger partial charge on any atom is -0.462 e. The van der Waals surface area contributed by atoms with Crippen LogP contribution >= 0.6 is 0 Å². The molecule has 60 heavy (non-hydrogen) atoms. The molecule has 2 fully saturated rings. The number of hydrogen-bond acceptors (Lipinski definition) is 13. The number of rotatable bonds is 11. The van der Waals surface area contributed by atoms with Crippen LogP contribution in [0.25, 0.3) is 0 Å². The van der Waals surface area contributed by atoms with E-state index in [9.17, 15) is 33.9 Å². The Bertz CT molecular complexity index is 2220. The van der Waals surface area contributed by atoms with Crippen LogP contribution in [0, 0.1) is 11.3 Å². The van der Waals surface area contributed by atoms with Gasteiger partial charge in [0.25, 0.3) is 5.91 Å². The summed E-state index contributed by atoms with van der Waals surface area (Å²) in [6.45, 7) is 7.12. The molecule has 1 saturated heterocycles. The molecule has 0 spiro atoms. The Balaban J connectivity index is 1.31. The van der Waals surface area contributed by atoms with Crippen molar-refractivity contribution in [3.05, 3.63) is 130 Å². The SMILES string of the molecule is CC(=O)O[C@H]1C[C@H]2OC[C@@]2(OC(C)=O)[C@H]2C=C3C[C@H](OC(=O)[C@H](O)[C@@H](NC(=O)c4ccccc4)c4ccccc4)C(C)=C3[C@@H](OC(=O)c3ccccc3)[C@H](OC(C)=O)[C@]12C. The Hall–Kier alpha value is -6.12. The maximum Gasteiger partial charge on any atom is 0.338 e. The number of esters is 5. The number of ether oxygens (including phenoxy) is 6. The highest BCUT2D eigenvalue weighted by Gasteiger charge is 2.72. The molecule has 0 radical (unpaired) electrons. The van der Waals surface area contributed by atoms with Gasteiger partial charge in [0, 0.05) is 50.7 Å². The van der Waals surface area contributed by atoms with Crippen molar-refractivity contribution in [1.82, 2.24) is 5.32 Å². The van der Waals surface area contributed by atoms with E-state index in [1.54, 1.807) is 105 Å². The number of fused-ring (bicyclic) bond motifs is 4. The van der Waals surface area contributed by atoms with Crippen molar-refractivity contribution in [3.63, 3.8) is 0 Å². The molecule has 7 rings (SSSR count). The van der Waals surface area contributed by atoms with Crippen molar-refractivity contribution in [2.45, 2.75) is 95.7 Å². The van der Waals surface area contributed by atoms with Gasteiger partial charge < -0.3 is 38.8 Å². The summed E-state index contributed by atoms with van der Waals surface area (Å²) < 4.78 is 36.7. The second-order valence-electron chi connectivity index (χ2n) is 15.8. The molecule has 1 aliphatic heterocycles. The fourth-order valence-corrected chi connectivity index (χ4v) is 9.25. The number of amides is 1. The lowest BCUT2D eigenvalue weighted by Gasteiger charge is -2.63. The Morgan fingerprint density at radius 1 is 0.783 bits per heavy atom. The molecular formula is C46H47NO13. The van der Waals surface area contributed by atoms with E-state index in [4.69, 9.17) is 28.4 Å². The molecule has 0 bridgehead atoms. The first-order valence-corrected chi connectivity index (χ1v) is 19.8. The van der Waals surface area contributed by atoms with Gasteiger partial charge in [-0.05, 0) is 47.9 Å². The Morgan fingerprint density at radius 2 is 1.38 bits per heavy atom. The molecule has 10 atom stereocenters. The number of aliphatic hydroxyl groups excluding tert-OH is 1. The normalized spacial score (nSPS) is 28.7. The van der Waals surface area contributed by atoms with Crippen LogP contribution in [0.15, 0.2) is 114 Å². The van der Waals surface area contributed by atoms with E-state index >= 15 is 0 Å². The van der Waals surface area contributed by atoms with Gasteiger partial charge in [-0.2, -0.15) is 0 Å². The third-order valence-electron chi connectivity index (χ3n) is 12.0. The fourth-order valence-electron chi connectivity index (χ4n) is 9.25. The molecular weight excluding hydrogens is 774 g/mol. The highest BCUT2D eigenvalue weighted by molar-refractivity contribution is 5.95. The summed E-state index contributed by atoms with van der Waals surface area (Å²) in [6, 6.07) is 23.9. The Morgan fingerprint density at radius 3 is 1.95 bits per heavy atom. The van der Waals surface area contributed by atoms with Gasteiger partial charge in [-0.3, -0.25) is 19.2 Å². The van der Waals surface area contributed by atoms with Crippen LogP contribution in [0.3, 0.4) is 0 Å². The van der Waals surface area contributed by atoms with Gasteiger partial charge >= 0.3 is 29.8 Å². The van der Waals surface area contributed by atoms with Crippen molar-refractivity contribution in [3.8, 4) is 0 Å². The number of benzene rings is 3. The van der Waals surface area contributed by atoms with Gasteiger partial charge in [0.2, 0.25) is 0 Å². The monoisotopic (exact) mass is 821 g/mol. The van der Waals surface area contributed by atoms with Crippen LogP contribution in [0.2, 0.25) is 0 Å². The van der Waals surface area contributed by atoms with Crippen LogP contribution < -0.4 is 5.32 Å². The summed E-state index contributed by atoms with van der Waals surface area (Å²) in [5.74, 6) is -5.14. The van der Waals surface area contributed by atoms with Crippen LogP contribution in [-0.2, 0) is 47.6 Å². The molecule has 3 aromatic carbocycles. The summed E-state index contributed by atoms with van der Waals surface area (Å²) in [7, 11) is 0. The molecule has 1 amide bonds. The summed E-state index contributed by atoms with van der Waals surface area (Å²) >= 11 is 0. The zero-order chi connectivity index (χ0) is 42.9. The van der Waals surface area contributed by atoms with E-state index in [2.05, 4.69) is 5.32 Å². The van der Waals surface area contributed by atoms with Crippen molar-refractivity contribution >= 4 is 35.8 Å².